The maximum atomic E-state index is 13.6. The van der Waals surface area contributed by atoms with Gasteiger partial charge in [-0.3, -0.25) is 18.9 Å². The first kappa shape index (κ1) is 25.2. The van der Waals surface area contributed by atoms with Crippen molar-refractivity contribution in [3.05, 3.63) is 95.7 Å². The fraction of sp³-hybridized carbons (Fsp3) is 0.258. The van der Waals surface area contributed by atoms with Crippen molar-refractivity contribution in [2.24, 2.45) is 0 Å². The lowest BCUT2D eigenvalue weighted by Gasteiger charge is -2.17. The molecule has 0 saturated heterocycles. The number of nitrogens with zero attached hydrogens (tertiary/aromatic N) is 7. The predicted octanol–water partition coefficient (Wildman–Crippen LogP) is 4.78. The van der Waals surface area contributed by atoms with E-state index in [1.54, 1.807) is 6.20 Å². The smallest absolute Gasteiger partial charge is 0.274 e. The Morgan fingerprint density at radius 1 is 1.10 bits per heavy atom. The number of hydrogen-bond donors (Lipinski definition) is 2. The number of aryl methyl sites for hydroxylation is 1. The van der Waals surface area contributed by atoms with Crippen LogP contribution in [0, 0.1) is 6.92 Å². The van der Waals surface area contributed by atoms with Gasteiger partial charge in [-0.2, -0.15) is 5.10 Å². The summed E-state index contributed by atoms with van der Waals surface area (Å²) in [6, 6.07) is 16.0. The molecule has 0 atom stereocenters. The van der Waals surface area contributed by atoms with E-state index in [4.69, 9.17) is 5.10 Å². The molecule has 41 heavy (non-hydrogen) atoms. The Balaban J connectivity index is 1.21. The van der Waals surface area contributed by atoms with Crippen molar-refractivity contribution < 1.29 is 4.79 Å². The van der Waals surface area contributed by atoms with Crippen LogP contribution in [-0.4, -0.2) is 46.2 Å². The zero-order chi connectivity index (χ0) is 28.1. The standard InChI is InChI=1S/C31H31N9O/c1-19(2)30-29-23(8-5-9-24(29)40(37-30)18-22-7-4-6-20(3)35-22)36-31(41)26-16-33-27-14-21(10-12-38(26)27)25-15-34-28-17-32-11-13-39(25)28/h4-10,12,14-16,19,32H,11,13,17-18H2,1-3H3,(H,36,41). The highest BCUT2D eigenvalue weighted by Crippen LogP contribution is 2.32. The van der Waals surface area contributed by atoms with Gasteiger partial charge in [0.2, 0.25) is 0 Å². The van der Waals surface area contributed by atoms with Crippen LogP contribution in [0.15, 0.2) is 67.1 Å². The van der Waals surface area contributed by atoms with E-state index in [0.29, 0.717) is 17.9 Å². The summed E-state index contributed by atoms with van der Waals surface area (Å²) in [5, 5.41) is 12.4. The Bertz CT molecular complexity index is 1930. The normalized spacial score (nSPS) is 13.3. The number of aromatic nitrogens is 7. The van der Waals surface area contributed by atoms with E-state index in [2.05, 4.69) is 44.0 Å². The minimum Gasteiger partial charge on any atom is -0.326 e. The summed E-state index contributed by atoms with van der Waals surface area (Å²) in [5.74, 6) is 0.970. The van der Waals surface area contributed by atoms with E-state index in [-0.39, 0.29) is 11.8 Å². The maximum Gasteiger partial charge on any atom is 0.274 e. The summed E-state index contributed by atoms with van der Waals surface area (Å²) in [6.45, 7) is 9.33. The van der Waals surface area contributed by atoms with E-state index in [1.807, 2.05) is 76.9 Å². The van der Waals surface area contributed by atoms with Crippen LogP contribution >= 0.6 is 0 Å². The molecule has 2 N–H and O–H groups in total. The summed E-state index contributed by atoms with van der Waals surface area (Å²) in [4.78, 5) is 27.4. The number of amides is 1. The highest BCUT2D eigenvalue weighted by Gasteiger charge is 2.21. The van der Waals surface area contributed by atoms with Crippen molar-refractivity contribution in [2.45, 2.75) is 46.3 Å². The van der Waals surface area contributed by atoms with Gasteiger partial charge in [-0.1, -0.05) is 26.0 Å². The van der Waals surface area contributed by atoms with E-state index in [1.165, 1.54) is 0 Å². The molecule has 1 aromatic carbocycles. The monoisotopic (exact) mass is 545 g/mol. The lowest BCUT2D eigenvalue weighted by Crippen LogP contribution is -2.28. The zero-order valence-corrected chi connectivity index (χ0v) is 23.3. The first-order valence-electron chi connectivity index (χ1n) is 13.9. The second kappa shape index (κ2) is 9.97. The van der Waals surface area contributed by atoms with Crippen molar-refractivity contribution in [2.75, 3.05) is 11.9 Å². The van der Waals surface area contributed by atoms with Gasteiger partial charge in [0.15, 0.2) is 0 Å². The molecule has 0 unspecified atom stereocenters. The summed E-state index contributed by atoms with van der Waals surface area (Å²) < 4.78 is 6.04. The molecule has 1 aliphatic heterocycles. The Morgan fingerprint density at radius 2 is 1.98 bits per heavy atom. The molecule has 206 valence electrons. The number of rotatable bonds is 6. The Hall–Kier alpha value is -4.83. The Labute approximate surface area is 237 Å². The van der Waals surface area contributed by atoms with Crippen LogP contribution in [0.4, 0.5) is 5.69 Å². The molecule has 5 aromatic heterocycles. The third-order valence-electron chi connectivity index (χ3n) is 7.63. The summed E-state index contributed by atoms with van der Waals surface area (Å²) in [5.41, 5.74) is 7.78. The first-order valence-corrected chi connectivity index (χ1v) is 13.9. The van der Waals surface area contributed by atoms with Crippen LogP contribution in [0.5, 0.6) is 0 Å². The lowest BCUT2D eigenvalue weighted by molar-refractivity contribution is 0.102. The zero-order valence-electron chi connectivity index (χ0n) is 23.3. The van der Waals surface area contributed by atoms with E-state index < -0.39 is 0 Å². The van der Waals surface area contributed by atoms with Crippen LogP contribution in [0.3, 0.4) is 0 Å². The van der Waals surface area contributed by atoms with Gasteiger partial charge in [-0.15, -0.1) is 0 Å². The molecule has 0 spiro atoms. The number of carbonyl (C=O) groups is 1. The molecule has 10 nitrogen and oxygen atoms in total. The third kappa shape index (κ3) is 4.46. The minimum absolute atomic E-state index is 0.168. The molecule has 6 aromatic rings. The highest BCUT2D eigenvalue weighted by molar-refractivity contribution is 6.09. The molecule has 0 saturated carbocycles. The van der Waals surface area contributed by atoms with E-state index in [9.17, 15) is 4.79 Å². The van der Waals surface area contributed by atoms with Gasteiger partial charge in [0.1, 0.15) is 17.2 Å². The largest absolute Gasteiger partial charge is 0.326 e. The van der Waals surface area contributed by atoms with Gasteiger partial charge in [0.25, 0.3) is 5.91 Å². The van der Waals surface area contributed by atoms with E-state index >= 15 is 0 Å². The second-order valence-corrected chi connectivity index (χ2v) is 10.8. The summed E-state index contributed by atoms with van der Waals surface area (Å²) in [6.07, 6.45) is 5.44. The number of anilines is 1. The van der Waals surface area contributed by atoms with Crippen LogP contribution < -0.4 is 10.6 Å². The molecule has 7 rings (SSSR count). The van der Waals surface area contributed by atoms with Crippen molar-refractivity contribution in [3.8, 4) is 11.3 Å². The average molecular weight is 546 g/mol. The maximum absolute atomic E-state index is 13.6. The topological polar surface area (TPSA) is 107 Å². The molecule has 1 amide bonds. The third-order valence-corrected chi connectivity index (χ3v) is 7.63. The lowest BCUT2D eigenvalue weighted by atomic mass is 10.0. The van der Waals surface area contributed by atoms with Crippen LogP contribution in [0.25, 0.3) is 27.8 Å². The molecule has 10 heteroatoms. The molecule has 0 radical (unpaired) electrons. The van der Waals surface area contributed by atoms with Gasteiger partial charge in [-0.25, -0.2) is 9.97 Å². The molecular weight excluding hydrogens is 514 g/mol. The van der Waals surface area contributed by atoms with Gasteiger partial charge in [0, 0.05) is 35.9 Å². The number of pyridine rings is 2. The number of benzene rings is 1. The number of hydrogen-bond acceptors (Lipinski definition) is 6. The second-order valence-electron chi connectivity index (χ2n) is 10.8. The molecular formula is C31H31N9O. The van der Waals surface area contributed by atoms with Crippen molar-refractivity contribution >= 4 is 28.1 Å². The number of imidazole rings is 2. The molecule has 0 fully saturated rings. The van der Waals surface area contributed by atoms with Gasteiger partial charge < -0.3 is 15.2 Å². The number of carbonyl (C=O) groups excluding carboxylic acids is 1. The van der Waals surface area contributed by atoms with Crippen molar-refractivity contribution in [3.63, 3.8) is 0 Å². The number of nitrogens with one attached hydrogen (secondary N) is 2. The molecule has 1 aliphatic rings. The summed E-state index contributed by atoms with van der Waals surface area (Å²) >= 11 is 0. The van der Waals surface area contributed by atoms with Crippen LogP contribution in [0.2, 0.25) is 0 Å². The highest BCUT2D eigenvalue weighted by atomic mass is 16.2. The molecule has 0 aliphatic carbocycles. The van der Waals surface area contributed by atoms with Crippen molar-refractivity contribution in [1.82, 2.24) is 39.0 Å². The van der Waals surface area contributed by atoms with E-state index in [0.717, 1.165) is 70.4 Å². The average Bonchev–Trinajstić information content (AvgIpc) is 3.69. The fourth-order valence-electron chi connectivity index (χ4n) is 5.65. The SMILES string of the molecule is Cc1cccc(Cn2nc(C(C)C)c3c(NC(=O)c4cnc5cc(-c6cnc7n6CCNC7)ccn45)cccc32)n1. The summed E-state index contributed by atoms with van der Waals surface area (Å²) in [7, 11) is 0. The van der Waals surface area contributed by atoms with Crippen LogP contribution in [-0.2, 0) is 19.6 Å². The van der Waals surface area contributed by atoms with Gasteiger partial charge >= 0.3 is 0 Å². The Kier molecular flexibility index (Phi) is 6.12. The van der Waals surface area contributed by atoms with Gasteiger partial charge in [0.05, 0.1) is 53.8 Å². The molecule has 6 heterocycles. The fourth-order valence-corrected chi connectivity index (χ4v) is 5.65. The first-order chi connectivity index (χ1) is 20.0. The predicted molar refractivity (Wildman–Crippen MR) is 158 cm³/mol. The molecule has 0 bridgehead atoms. The van der Waals surface area contributed by atoms with Gasteiger partial charge in [-0.05, 0) is 49.2 Å². The quantitative estimate of drug-likeness (QED) is 0.312. The number of fused-ring (bicyclic) bond motifs is 3. The minimum atomic E-state index is -0.228. The van der Waals surface area contributed by atoms with Crippen LogP contribution in [0.1, 0.15) is 53.2 Å². The Morgan fingerprint density at radius 3 is 2.83 bits per heavy atom. The van der Waals surface area contributed by atoms with Crippen molar-refractivity contribution in [1.29, 1.82) is 0 Å².